The van der Waals surface area contributed by atoms with Crippen molar-refractivity contribution in [2.24, 2.45) is 0 Å². The lowest BCUT2D eigenvalue weighted by atomic mass is 10.3. The second kappa shape index (κ2) is 5.84. The van der Waals surface area contributed by atoms with E-state index in [1.54, 1.807) is 0 Å². The predicted molar refractivity (Wildman–Crippen MR) is 58.3 cm³/mol. The zero-order valence-electron chi connectivity index (χ0n) is 9.00. The molecule has 0 amide bonds. The van der Waals surface area contributed by atoms with E-state index in [0.29, 0.717) is 4.90 Å². The summed E-state index contributed by atoms with van der Waals surface area (Å²) in [6.45, 7) is 1.82. The van der Waals surface area contributed by atoms with E-state index in [1.165, 1.54) is 24.9 Å². The molecule has 1 aromatic rings. The molecule has 16 heavy (non-hydrogen) atoms. The quantitative estimate of drug-likeness (QED) is 0.603. The molecule has 1 aromatic carbocycles. The largest absolute Gasteiger partial charge is 0.469 e. The van der Waals surface area contributed by atoms with Crippen LogP contribution in [0.15, 0.2) is 23.1 Å². The molecule has 0 aromatic heterocycles. The molecule has 1 unspecified atom stereocenters. The van der Waals surface area contributed by atoms with Crippen molar-refractivity contribution in [1.82, 2.24) is 0 Å². The molecular formula is C11H12F2O2S. The highest BCUT2D eigenvalue weighted by atomic mass is 32.2. The monoisotopic (exact) mass is 246 g/mol. The maximum Gasteiger partial charge on any atom is 0.306 e. The predicted octanol–water partition coefficient (Wildman–Crippen LogP) is 3.01. The topological polar surface area (TPSA) is 26.3 Å². The summed E-state index contributed by atoms with van der Waals surface area (Å²) in [5, 5.41) is -0.0442. The van der Waals surface area contributed by atoms with Crippen molar-refractivity contribution in [2.75, 3.05) is 7.11 Å². The van der Waals surface area contributed by atoms with E-state index >= 15 is 0 Å². The number of halogens is 2. The third kappa shape index (κ3) is 3.81. The smallest absolute Gasteiger partial charge is 0.306 e. The van der Waals surface area contributed by atoms with Gasteiger partial charge in [0.05, 0.1) is 13.5 Å². The van der Waals surface area contributed by atoms with E-state index in [2.05, 4.69) is 4.74 Å². The Bertz CT molecular complexity index is 382. The van der Waals surface area contributed by atoms with Crippen LogP contribution in [0.25, 0.3) is 0 Å². The zero-order chi connectivity index (χ0) is 12.1. The summed E-state index contributed by atoms with van der Waals surface area (Å²) in [6.07, 6.45) is 0.236. The first-order chi connectivity index (χ1) is 7.52. The van der Waals surface area contributed by atoms with Gasteiger partial charge in [0.1, 0.15) is 0 Å². The molecule has 1 atom stereocenters. The Balaban J connectivity index is 2.59. The Morgan fingerprint density at radius 1 is 1.44 bits per heavy atom. The molecule has 0 aliphatic carbocycles. The maximum absolute atomic E-state index is 12.9. The zero-order valence-corrected chi connectivity index (χ0v) is 9.81. The van der Waals surface area contributed by atoms with Crippen LogP contribution < -0.4 is 0 Å². The van der Waals surface area contributed by atoms with Gasteiger partial charge in [-0.2, -0.15) is 0 Å². The van der Waals surface area contributed by atoms with Crippen LogP contribution in [0.5, 0.6) is 0 Å². The van der Waals surface area contributed by atoms with E-state index in [-0.39, 0.29) is 17.6 Å². The molecule has 0 radical (unpaired) electrons. The number of benzene rings is 1. The normalized spacial score (nSPS) is 12.2. The minimum Gasteiger partial charge on any atom is -0.469 e. The summed E-state index contributed by atoms with van der Waals surface area (Å²) >= 11 is 1.30. The van der Waals surface area contributed by atoms with E-state index in [1.807, 2.05) is 6.92 Å². The Morgan fingerprint density at radius 3 is 2.69 bits per heavy atom. The summed E-state index contributed by atoms with van der Waals surface area (Å²) in [7, 11) is 1.32. The molecule has 1 rings (SSSR count). The molecule has 0 N–H and O–H groups in total. The van der Waals surface area contributed by atoms with Crippen LogP contribution in [0.2, 0.25) is 0 Å². The molecule has 0 spiro atoms. The van der Waals surface area contributed by atoms with Gasteiger partial charge in [0.15, 0.2) is 11.6 Å². The molecule has 0 heterocycles. The van der Waals surface area contributed by atoms with Crippen LogP contribution in [0.4, 0.5) is 8.78 Å². The molecule has 0 saturated carbocycles. The molecule has 0 fully saturated rings. The Morgan fingerprint density at radius 2 is 2.12 bits per heavy atom. The molecule has 0 aliphatic rings. The summed E-state index contributed by atoms with van der Waals surface area (Å²) in [5.74, 6) is -2.07. The summed E-state index contributed by atoms with van der Waals surface area (Å²) < 4.78 is 30.0. The van der Waals surface area contributed by atoms with Gasteiger partial charge < -0.3 is 4.74 Å². The van der Waals surface area contributed by atoms with Gasteiger partial charge in [-0.1, -0.05) is 6.92 Å². The maximum atomic E-state index is 12.9. The first kappa shape index (κ1) is 13.0. The standard InChI is InChI=1S/C11H12F2O2S/c1-7(5-11(14)15-2)16-8-3-4-9(12)10(13)6-8/h3-4,6-7H,5H2,1-2H3. The number of thioether (sulfide) groups is 1. The Kier molecular flexibility index (Phi) is 4.73. The van der Waals surface area contributed by atoms with Gasteiger partial charge in [0.25, 0.3) is 0 Å². The minimum absolute atomic E-state index is 0.0442. The average molecular weight is 246 g/mol. The molecule has 2 nitrogen and oxygen atoms in total. The third-order valence-corrected chi connectivity index (χ3v) is 3.01. The number of esters is 1. The van der Waals surface area contributed by atoms with Crippen LogP contribution in [-0.2, 0) is 9.53 Å². The van der Waals surface area contributed by atoms with Crippen molar-refractivity contribution in [3.8, 4) is 0 Å². The highest BCUT2D eigenvalue weighted by Crippen LogP contribution is 2.26. The van der Waals surface area contributed by atoms with Crippen molar-refractivity contribution in [2.45, 2.75) is 23.5 Å². The summed E-state index contributed by atoms with van der Waals surface area (Å²) in [5.41, 5.74) is 0. The average Bonchev–Trinajstić information content (AvgIpc) is 2.23. The molecule has 0 saturated heterocycles. The van der Waals surface area contributed by atoms with Gasteiger partial charge in [-0.25, -0.2) is 8.78 Å². The summed E-state index contributed by atoms with van der Waals surface area (Å²) in [6, 6.07) is 3.67. The van der Waals surface area contributed by atoms with Gasteiger partial charge in [-0.15, -0.1) is 11.8 Å². The second-order valence-corrected chi connectivity index (χ2v) is 4.80. The SMILES string of the molecule is COC(=O)CC(C)Sc1ccc(F)c(F)c1. The highest BCUT2D eigenvalue weighted by Gasteiger charge is 2.11. The minimum atomic E-state index is -0.879. The second-order valence-electron chi connectivity index (χ2n) is 3.28. The fraction of sp³-hybridized carbons (Fsp3) is 0.364. The first-order valence-electron chi connectivity index (χ1n) is 4.71. The van der Waals surface area contributed by atoms with Gasteiger partial charge in [-0.05, 0) is 18.2 Å². The van der Waals surface area contributed by atoms with Crippen molar-refractivity contribution < 1.29 is 18.3 Å². The van der Waals surface area contributed by atoms with Crippen molar-refractivity contribution in [3.05, 3.63) is 29.8 Å². The molecule has 0 aliphatic heterocycles. The third-order valence-electron chi connectivity index (χ3n) is 1.91. The van der Waals surface area contributed by atoms with Crippen LogP contribution in [-0.4, -0.2) is 18.3 Å². The van der Waals surface area contributed by atoms with E-state index in [0.717, 1.165) is 12.1 Å². The van der Waals surface area contributed by atoms with Crippen molar-refractivity contribution in [3.63, 3.8) is 0 Å². The fourth-order valence-electron chi connectivity index (χ4n) is 1.14. The number of hydrogen-bond acceptors (Lipinski definition) is 3. The lowest BCUT2D eigenvalue weighted by molar-refractivity contribution is -0.140. The lowest BCUT2D eigenvalue weighted by Gasteiger charge is -2.09. The fourth-order valence-corrected chi connectivity index (χ4v) is 2.14. The van der Waals surface area contributed by atoms with Crippen LogP contribution in [0.1, 0.15) is 13.3 Å². The highest BCUT2D eigenvalue weighted by molar-refractivity contribution is 8.00. The lowest BCUT2D eigenvalue weighted by Crippen LogP contribution is -2.08. The molecular weight excluding hydrogens is 234 g/mol. The number of hydrogen-bond donors (Lipinski definition) is 0. The number of methoxy groups -OCH3 is 1. The van der Waals surface area contributed by atoms with Gasteiger partial charge in [-0.3, -0.25) is 4.79 Å². The van der Waals surface area contributed by atoms with Crippen LogP contribution in [0.3, 0.4) is 0 Å². The van der Waals surface area contributed by atoms with Crippen molar-refractivity contribution in [1.29, 1.82) is 0 Å². The Hall–Kier alpha value is -1.10. The van der Waals surface area contributed by atoms with E-state index in [4.69, 9.17) is 0 Å². The first-order valence-corrected chi connectivity index (χ1v) is 5.59. The van der Waals surface area contributed by atoms with Crippen LogP contribution in [0, 0.1) is 11.6 Å². The van der Waals surface area contributed by atoms with E-state index in [9.17, 15) is 13.6 Å². The Labute approximate surface area is 97.0 Å². The number of ether oxygens (including phenoxy) is 1. The molecule has 88 valence electrons. The molecule has 5 heteroatoms. The number of carbonyl (C=O) groups excluding carboxylic acids is 1. The number of rotatable bonds is 4. The van der Waals surface area contributed by atoms with Crippen molar-refractivity contribution >= 4 is 17.7 Å². The van der Waals surface area contributed by atoms with Gasteiger partial charge in [0.2, 0.25) is 0 Å². The van der Waals surface area contributed by atoms with Gasteiger partial charge in [0, 0.05) is 10.1 Å². The molecule has 0 bridgehead atoms. The van der Waals surface area contributed by atoms with Gasteiger partial charge >= 0.3 is 5.97 Å². The number of carbonyl (C=O) groups is 1. The van der Waals surface area contributed by atoms with Crippen LogP contribution >= 0.6 is 11.8 Å². The van der Waals surface area contributed by atoms with E-state index < -0.39 is 11.6 Å². The summed E-state index contributed by atoms with van der Waals surface area (Å²) in [4.78, 5) is 11.6.